The highest BCUT2D eigenvalue weighted by Gasteiger charge is 2.30. The third-order valence-electron chi connectivity index (χ3n) is 5.06. The lowest BCUT2D eigenvalue weighted by molar-refractivity contribution is 0.0956. The first-order chi connectivity index (χ1) is 8.75. The number of hydrogen-bond acceptors (Lipinski definition) is 1. The summed E-state index contributed by atoms with van der Waals surface area (Å²) in [5.41, 5.74) is 3.22. The number of benzene rings is 1. The number of piperidine rings is 1. The van der Waals surface area contributed by atoms with Crippen molar-refractivity contribution in [2.24, 2.45) is 0 Å². The highest BCUT2D eigenvalue weighted by atomic mass is 15.2. The Morgan fingerprint density at radius 3 is 2.56 bits per heavy atom. The monoisotopic (exact) mass is 243 g/mol. The molecule has 1 heterocycles. The fraction of sp³-hybridized carbons (Fsp3) is 0.647. The fourth-order valence-electron chi connectivity index (χ4n) is 3.92. The lowest BCUT2D eigenvalue weighted by atomic mass is 9.93. The van der Waals surface area contributed by atoms with Gasteiger partial charge >= 0.3 is 0 Å². The highest BCUT2D eigenvalue weighted by molar-refractivity contribution is 5.35. The zero-order valence-electron chi connectivity index (χ0n) is 11.7. The molecule has 0 N–H and O–H groups in total. The smallest absolute Gasteiger partial charge is 0.00700 e. The lowest BCUT2D eigenvalue weighted by Crippen LogP contribution is -2.45. The Kier molecular flexibility index (Phi) is 3.43. The van der Waals surface area contributed by atoms with E-state index in [1.54, 1.807) is 11.1 Å². The third kappa shape index (κ3) is 2.21. The van der Waals surface area contributed by atoms with Crippen LogP contribution < -0.4 is 0 Å². The van der Waals surface area contributed by atoms with Gasteiger partial charge in [0, 0.05) is 18.6 Å². The van der Waals surface area contributed by atoms with Gasteiger partial charge in [0.1, 0.15) is 0 Å². The van der Waals surface area contributed by atoms with Crippen molar-refractivity contribution in [3.63, 3.8) is 0 Å². The Labute approximate surface area is 111 Å². The number of hydrogen-bond donors (Lipinski definition) is 0. The second kappa shape index (κ2) is 5.05. The quantitative estimate of drug-likeness (QED) is 0.759. The predicted octanol–water partition coefficient (Wildman–Crippen LogP) is 3.98. The number of aryl methyl sites for hydroxylation is 1. The van der Waals surface area contributed by atoms with Gasteiger partial charge in [-0.15, -0.1) is 0 Å². The molecule has 0 saturated carbocycles. The number of likely N-dealkylation sites (tertiary alicyclic amines) is 1. The predicted molar refractivity (Wildman–Crippen MR) is 77.0 cm³/mol. The molecule has 1 aromatic carbocycles. The van der Waals surface area contributed by atoms with Crippen LogP contribution in [0, 0.1) is 0 Å². The first-order valence-electron chi connectivity index (χ1n) is 7.59. The summed E-state index contributed by atoms with van der Waals surface area (Å²) in [7, 11) is 0. The molecule has 3 atom stereocenters. The van der Waals surface area contributed by atoms with E-state index in [9.17, 15) is 0 Å². The van der Waals surface area contributed by atoms with Crippen LogP contribution in [-0.4, -0.2) is 23.5 Å². The standard InChI is InChI=1S/C17H25N/c1-13-6-5-7-14(2)18(13)12-16-11-10-15-8-3-4-9-17(15)16/h3-4,8-9,13-14,16H,5-7,10-12H2,1-2H3. The molecule has 1 aliphatic heterocycles. The van der Waals surface area contributed by atoms with Gasteiger partial charge in [-0.3, -0.25) is 4.90 Å². The summed E-state index contributed by atoms with van der Waals surface area (Å²) in [6.07, 6.45) is 6.84. The van der Waals surface area contributed by atoms with Gasteiger partial charge in [0.25, 0.3) is 0 Å². The zero-order chi connectivity index (χ0) is 12.5. The van der Waals surface area contributed by atoms with Crippen LogP contribution in [0.2, 0.25) is 0 Å². The van der Waals surface area contributed by atoms with Crippen molar-refractivity contribution in [3.8, 4) is 0 Å². The second-order valence-corrected chi connectivity index (χ2v) is 6.26. The van der Waals surface area contributed by atoms with Crippen LogP contribution in [0.25, 0.3) is 0 Å². The average Bonchev–Trinajstić information content (AvgIpc) is 2.77. The molecular weight excluding hydrogens is 218 g/mol. The van der Waals surface area contributed by atoms with E-state index in [4.69, 9.17) is 0 Å². The van der Waals surface area contributed by atoms with Gasteiger partial charge in [0.05, 0.1) is 0 Å². The van der Waals surface area contributed by atoms with Crippen LogP contribution in [0.3, 0.4) is 0 Å². The molecule has 0 spiro atoms. The molecule has 0 radical (unpaired) electrons. The zero-order valence-corrected chi connectivity index (χ0v) is 11.7. The summed E-state index contributed by atoms with van der Waals surface area (Å²) < 4.78 is 0. The summed E-state index contributed by atoms with van der Waals surface area (Å²) in [4.78, 5) is 2.76. The maximum Gasteiger partial charge on any atom is 0.00700 e. The van der Waals surface area contributed by atoms with Gasteiger partial charge in [-0.1, -0.05) is 30.7 Å². The topological polar surface area (TPSA) is 3.24 Å². The van der Waals surface area contributed by atoms with E-state index in [0.717, 1.165) is 18.0 Å². The number of rotatable bonds is 2. The van der Waals surface area contributed by atoms with Crippen molar-refractivity contribution in [1.29, 1.82) is 0 Å². The van der Waals surface area contributed by atoms with Crippen LogP contribution in [0.15, 0.2) is 24.3 Å². The Bertz CT molecular complexity index is 402. The summed E-state index contributed by atoms with van der Waals surface area (Å²) in [5.74, 6) is 0.782. The van der Waals surface area contributed by atoms with Crippen LogP contribution in [0.5, 0.6) is 0 Å². The van der Waals surface area contributed by atoms with Crippen molar-refractivity contribution < 1.29 is 0 Å². The summed E-state index contributed by atoms with van der Waals surface area (Å²) in [6.45, 7) is 6.10. The molecule has 18 heavy (non-hydrogen) atoms. The van der Waals surface area contributed by atoms with Gasteiger partial charge in [0.2, 0.25) is 0 Å². The maximum atomic E-state index is 2.76. The molecule has 1 aliphatic carbocycles. The van der Waals surface area contributed by atoms with Gasteiger partial charge in [0.15, 0.2) is 0 Å². The van der Waals surface area contributed by atoms with E-state index >= 15 is 0 Å². The summed E-state index contributed by atoms with van der Waals surface area (Å²) in [5, 5.41) is 0. The third-order valence-corrected chi connectivity index (χ3v) is 5.06. The first-order valence-corrected chi connectivity index (χ1v) is 7.59. The lowest BCUT2D eigenvalue weighted by Gasteiger charge is -2.40. The molecule has 3 unspecified atom stereocenters. The van der Waals surface area contributed by atoms with Crippen LogP contribution >= 0.6 is 0 Å². The largest absolute Gasteiger partial charge is 0.297 e. The molecule has 1 aromatic rings. The SMILES string of the molecule is CC1CCCC(C)N1CC1CCc2ccccc21. The highest BCUT2D eigenvalue weighted by Crippen LogP contribution is 2.35. The summed E-state index contributed by atoms with van der Waals surface area (Å²) in [6, 6.07) is 10.6. The fourth-order valence-corrected chi connectivity index (χ4v) is 3.92. The molecule has 3 rings (SSSR count). The van der Waals surface area contributed by atoms with Crippen molar-refractivity contribution in [3.05, 3.63) is 35.4 Å². The molecule has 2 aliphatic rings. The molecular formula is C17H25N. The van der Waals surface area contributed by atoms with E-state index in [2.05, 4.69) is 43.0 Å². The minimum absolute atomic E-state index is 0.779. The molecule has 1 nitrogen and oxygen atoms in total. The van der Waals surface area contributed by atoms with Crippen molar-refractivity contribution in [2.45, 2.75) is 64.0 Å². The van der Waals surface area contributed by atoms with Gasteiger partial charge in [-0.2, -0.15) is 0 Å². The molecule has 0 aromatic heterocycles. The Hall–Kier alpha value is -0.820. The molecule has 0 amide bonds. The van der Waals surface area contributed by atoms with Gasteiger partial charge in [-0.25, -0.2) is 0 Å². The molecule has 98 valence electrons. The minimum Gasteiger partial charge on any atom is -0.297 e. The van der Waals surface area contributed by atoms with Crippen LogP contribution in [-0.2, 0) is 6.42 Å². The first kappa shape index (κ1) is 12.2. The number of nitrogens with zero attached hydrogens (tertiary/aromatic N) is 1. The van der Waals surface area contributed by atoms with E-state index < -0.39 is 0 Å². The molecule has 1 saturated heterocycles. The Morgan fingerprint density at radius 2 is 1.78 bits per heavy atom. The van der Waals surface area contributed by atoms with E-state index in [-0.39, 0.29) is 0 Å². The van der Waals surface area contributed by atoms with Gasteiger partial charge in [-0.05, 0) is 56.6 Å². The van der Waals surface area contributed by atoms with E-state index in [0.29, 0.717) is 0 Å². The van der Waals surface area contributed by atoms with Crippen molar-refractivity contribution in [1.82, 2.24) is 4.90 Å². The van der Waals surface area contributed by atoms with Gasteiger partial charge < -0.3 is 0 Å². The van der Waals surface area contributed by atoms with Crippen LogP contribution in [0.1, 0.15) is 56.6 Å². The maximum absolute atomic E-state index is 2.76. The normalized spacial score (nSPS) is 32.4. The summed E-state index contributed by atoms with van der Waals surface area (Å²) >= 11 is 0. The Morgan fingerprint density at radius 1 is 1.06 bits per heavy atom. The molecule has 1 heteroatoms. The van der Waals surface area contributed by atoms with Crippen LogP contribution in [0.4, 0.5) is 0 Å². The average molecular weight is 243 g/mol. The second-order valence-electron chi connectivity index (χ2n) is 6.26. The molecule has 0 bridgehead atoms. The van der Waals surface area contributed by atoms with E-state index in [1.165, 1.54) is 38.6 Å². The number of fused-ring (bicyclic) bond motifs is 1. The van der Waals surface area contributed by atoms with E-state index in [1.807, 2.05) is 0 Å². The van der Waals surface area contributed by atoms with Crippen molar-refractivity contribution in [2.75, 3.05) is 6.54 Å². The molecule has 1 fully saturated rings. The van der Waals surface area contributed by atoms with Crippen molar-refractivity contribution >= 4 is 0 Å². The minimum atomic E-state index is 0.779. The Balaban J connectivity index is 1.74.